The summed E-state index contributed by atoms with van der Waals surface area (Å²) >= 11 is 0. The molecule has 21 heavy (non-hydrogen) atoms. The molecule has 0 aromatic heterocycles. The van der Waals surface area contributed by atoms with Crippen LogP contribution in [0.5, 0.6) is 0 Å². The van der Waals surface area contributed by atoms with Crippen LogP contribution in [0.3, 0.4) is 0 Å². The largest absolute Gasteiger partial charge is 0.389 e. The monoisotopic (exact) mass is 282 g/mol. The van der Waals surface area contributed by atoms with Crippen molar-refractivity contribution in [2.24, 2.45) is 11.8 Å². The number of hydrogen-bond acceptors (Lipinski definition) is 1. The van der Waals surface area contributed by atoms with E-state index in [1.807, 2.05) is 0 Å². The van der Waals surface area contributed by atoms with E-state index in [9.17, 15) is 5.11 Å². The van der Waals surface area contributed by atoms with Crippen LogP contribution in [0, 0.1) is 11.8 Å². The molecule has 2 fully saturated rings. The average molecular weight is 282 g/mol. The highest BCUT2D eigenvalue weighted by Gasteiger charge is 2.50. The molecule has 0 bridgehead atoms. The van der Waals surface area contributed by atoms with Crippen molar-refractivity contribution in [1.29, 1.82) is 0 Å². The zero-order chi connectivity index (χ0) is 14.3. The first-order chi connectivity index (χ1) is 10.3. The lowest BCUT2D eigenvalue weighted by atomic mass is 9.57. The fourth-order valence-corrected chi connectivity index (χ4v) is 5.21. The highest BCUT2D eigenvalue weighted by molar-refractivity contribution is 5.59. The molecule has 0 saturated heterocycles. The molecule has 112 valence electrons. The fraction of sp³-hybridized carbons (Fsp3) is 0.600. The van der Waals surface area contributed by atoms with Crippen LogP contribution in [0.4, 0.5) is 0 Å². The van der Waals surface area contributed by atoms with E-state index < -0.39 is 5.60 Å². The lowest BCUT2D eigenvalue weighted by Crippen LogP contribution is -2.51. The molecule has 0 radical (unpaired) electrons. The SMILES string of the molecule is O[C@]12CCCCCC[C@H]1CC[C@H]1c3ccccc3C=C[C@H]12. The van der Waals surface area contributed by atoms with Gasteiger partial charge < -0.3 is 5.11 Å². The van der Waals surface area contributed by atoms with Crippen molar-refractivity contribution in [3.8, 4) is 0 Å². The molecule has 4 rings (SSSR count). The van der Waals surface area contributed by atoms with Gasteiger partial charge in [-0.25, -0.2) is 0 Å². The van der Waals surface area contributed by atoms with E-state index in [-0.39, 0.29) is 0 Å². The molecule has 1 nitrogen and oxygen atoms in total. The molecule has 0 heterocycles. The van der Waals surface area contributed by atoms with Gasteiger partial charge in [0.1, 0.15) is 0 Å². The molecule has 1 aromatic carbocycles. The van der Waals surface area contributed by atoms with E-state index >= 15 is 0 Å². The van der Waals surface area contributed by atoms with Crippen molar-refractivity contribution in [1.82, 2.24) is 0 Å². The van der Waals surface area contributed by atoms with E-state index in [0.717, 1.165) is 6.42 Å². The minimum absolute atomic E-state index is 0.337. The molecule has 0 amide bonds. The van der Waals surface area contributed by atoms with Crippen LogP contribution in [0.2, 0.25) is 0 Å². The molecule has 1 aromatic rings. The van der Waals surface area contributed by atoms with Crippen LogP contribution >= 0.6 is 0 Å². The summed E-state index contributed by atoms with van der Waals surface area (Å²) in [7, 11) is 0. The molecule has 0 aliphatic heterocycles. The Morgan fingerprint density at radius 2 is 1.81 bits per heavy atom. The number of rotatable bonds is 0. The first-order valence-corrected chi connectivity index (χ1v) is 8.78. The summed E-state index contributed by atoms with van der Waals surface area (Å²) < 4.78 is 0. The zero-order valence-electron chi connectivity index (χ0n) is 12.8. The molecule has 4 atom stereocenters. The van der Waals surface area contributed by atoms with Gasteiger partial charge in [-0.3, -0.25) is 0 Å². The molecule has 1 N–H and O–H groups in total. The maximum absolute atomic E-state index is 11.6. The maximum Gasteiger partial charge on any atom is 0.0744 e. The first kappa shape index (κ1) is 13.6. The Labute approximate surface area is 128 Å². The first-order valence-electron chi connectivity index (χ1n) is 8.78. The Balaban J connectivity index is 1.71. The van der Waals surface area contributed by atoms with Gasteiger partial charge in [0.05, 0.1) is 5.60 Å². The summed E-state index contributed by atoms with van der Waals surface area (Å²) in [5, 5.41) is 11.6. The normalized spacial score (nSPS) is 38.6. The van der Waals surface area contributed by atoms with Crippen LogP contribution in [0.15, 0.2) is 30.3 Å². The van der Waals surface area contributed by atoms with E-state index in [1.54, 1.807) is 0 Å². The van der Waals surface area contributed by atoms with E-state index in [4.69, 9.17) is 0 Å². The Hall–Kier alpha value is -1.08. The van der Waals surface area contributed by atoms with E-state index in [2.05, 4.69) is 36.4 Å². The minimum Gasteiger partial charge on any atom is -0.389 e. The number of benzene rings is 1. The topological polar surface area (TPSA) is 20.2 Å². The van der Waals surface area contributed by atoms with Crippen LogP contribution in [0.25, 0.3) is 6.08 Å². The Kier molecular flexibility index (Phi) is 3.41. The van der Waals surface area contributed by atoms with Gasteiger partial charge in [0.2, 0.25) is 0 Å². The molecule has 2 saturated carbocycles. The van der Waals surface area contributed by atoms with E-state index in [1.165, 1.54) is 56.1 Å². The Morgan fingerprint density at radius 3 is 2.76 bits per heavy atom. The Bertz CT molecular complexity index is 547. The molecular weight excluding hydrogens is 256 g/mol. The van der Waals surface area contributed by atoms with Gasteiger partial charge >= 0.3 is 0 Å². The van der Waals surface area contributed by atoms with Gasteiger partial charge in [-0.15, -0.1) is 0 Å². The van der Waals surface area contributed by atoms with Crippen molar-refractivity contribution >= 4 is 6.08 Å². The molecule has 3 aliphatic rings. The molecule has 3 aliphatic carbocycles. The van der Waals surface area contributed by atoms with Crippen LogP contribution < -0.4 is 0 Å². The van der Waals surface area contributed by atoms with Crippen molar-refractivity contribution in [2.45, 2.75) is 62.9 Å². The van der Waals surface area contributed by atoms with Gasteiger partial charge in [-0.05, 0) is 48.6 Å². The van der Waals surface area contributed by atoms with Gasteiger partial charge in [-0.1, -0.05) is 62.1 Å². The van der Waals surface area contributed by atoms with Crippen LogP contribution in [0.1, 0.15) is 68.4 Å². The molecule has 0 unspecified atom stereocenters. The van der Waals surface area contributed by atoms with Gasteiger partial charge in [0.15, 0.2) is 0 Å². The van der Waals surface area contributed by atoms with Crippen molar-refractivity contribution in [2.75, 3.05) is 0 Å². The Morgan fingerprint density at radius 1 is 0.952 bits per heavy atom. The third-order valence-electron chi connectivity index (χ3n) is 6.30. The zero-order valence-corrected chi connectivity index (χ0v) is 12.8. The van der Waals surface area contributed by atoms with Crippen molar-refractivity contribution < 1.29 is 5.11 Å². The lowest BCUT2D eigenvalue weighted by Gasteiger charge is -2.51. The van der Waals surface area contributed by atoms with Crippen LogP contribution in [-0.4, -0.2) is 10.7 Å². The highest BCUT2D eigenvalue weighted by atomic mass is 16.3. The number of hydrogen-bond donors (Lipinski definition) is 1. The lowest BCUT2D eigenvalue weighted by molar-refractivity contribution is -0.100. The minimum atomic E-state index is -0.451. The second-order valence-corrected chi connectivity index (χ2v) is 7.34. The molecular formula is C20H26O. The highest BCUT2D eigenvalue weighted by Crippen LogP contribution is 2.53. The molecule has 1 heteroatoms. The van der Waals surface area contributed by atoms with Crippen molar-refractivity contribution in [3.63, 3.8) is 0 Å². The second-order valence-electron chi connectivity index (χ2n) is 7.34. The predicted molar refractivity (Wildman–Crippen MR) is 87.1 cm³/mol. The summed E-state index contributed by atoms with van der Waals surface area (Å²) in [5.41, 5.74) is 2.39. The second kappa shape index (κ2) is 5.28. The quantitative estimate of drug-likeness (QED) is 0.717. The third-order valence-corrected chi connectivity index (χ3v) is 6.30. The summed E-state index contributed by atoms with van der Waals surface area (Å²) in [6, 6.07) is 8.78. The van der Waals surface area contributed by atoms with Crippen molar-refractivity contribution in [3.05, 3.63) is 41.5 Å². The standard InChI is InChI=1S/C20H26O/c21-20-14-6-2-1-3-8-16(20)11-12-18-17-9-5-4-7-15(17)10-13-19(18)20/h4-5,7,9-10,13,16,18-19,21H,1-3,6,8,11-12,14H2/t16-,18-,19+,20+/m0/s1. The fourth-order valence-electron chi connectivity index (χ4n) is 5.21. The summed E-state index contributed by atoms with van der Waals surface area (Å²) in [6.07, 6.45) is 14.5. The third kappa shape index (κ3) is 2.17. The predicted octanol–water partition coefficient (Wildman–Crippen LogP) is 4.91. The maximum atomic E-state index is 11.6. The summed E-state index contributed by atoms with van der Waals surface area (Å²) in [6.45, 7) is 0. The summed E-state index contributed by atoms with van der Waals surface area (Å²) in [4.78, 5) is 0. The number of aliphatic hydroxyl groups is 1. The van der Waals surface area contributed by atoms with Gasteiger partial charge in [0, 0.05) is 5.92 Å². The van der Waals surface area contributed by atoms with E-state index in [0.29, 0.717) is 17.8 Å². The van der Waals surface area contributed by atoms with Gasteiger partial charge in [-0.2, -0.15) is 0 Å². The van der Waals surface area contributed by atoms with Gasteiger partial charge in [0.25, 0.3) is 0 Å². The smallest absolute Gasteiger partial charge is 0.0744 e. The molecule has 0 spiro atoms. The average Bonchev–Trinajstić information content (AvgIpc) is 2.50. The van der Waals surface area contributed by atoms with Crippen LogP contribution in [-0.2, 0) is 0 Å². The number of fused-ring (bicyclic) bond motifs is 5. The summed E-state index contributed by atoms with van der Waals surface area (Å²) in [5.74, 6) is 1.39.